The number of carbonyl (C=O) groups excluding carboxylic acids is 2. The number of carbonyl (C=O) groups is 2. The topological polar surface area (TPSA) is 88.1 Å². The maximum absolute atomic E-state index is 12.5. The first-order valence-electron chi connectivity index (χ1n) is 8.20. The molecular formula is C17H19N5O2. The van der Waals surface area contributed by atoms with E-state index in [0.29, 0.717) is 23.5 Å². The van der Waals surface area contributed by atoms with Crippen molar-refractivity contribution in [3.8, 4) is 0 Å². The molecule has 3 heterocycles. The van der Waals surface area contributed by atoms with Gasteiger partial charge in [-0.3, -0.25) is 9.59 Å². The van der Waals surface area contributed by atoms with E-state index < -0.39 is 0 Å². The zero-order valence-electron chi connectivity index (χ0n) is 13.3. The Kier molecular flexibility index (Phi) is 3.78. The number of anilines is 1. The van der Waals surface area contributed by atoms with E-state index in [9.17, 15) is 9.59 Å². The fourth-order valence-corrected chi connectivity index (χ4v) is 3.17. The third-order valence-electron chi connectivity index (χ3n) is 4.44. The van der Waals surface area contributed by atoms with E-state index >= 15 is 0 Å². The maximum atomic E-state index is 12.5. The molecule has 124 valence electrons. The summed E-state index contributed by atoms with van der Waals surface area (Å²) in [7, 11) is 0. The van der Waals surface area contributed by atoms with Crippen molar-refractivity contribution in [2.75, 3.05) is 25.0 Å². The monoisotopic (exact) mass is 325 g/mol. The van der Waals surface area contributed by atoms with Gasteiger partial charge in [0.15, 0.2) is 0 Å². The molecule has 4 rings (SSSR count). The van der Waals surface area contributed by atoms with Crippen molar-refractivity contribution in [1.29, 1.82) is 0 Å². The highest BCUT2D eigenvalue weighted by molar-refractivity contribution is 6.04. The van der Waals surface area contributed by atoms with E-state index in [-0.39, 0.29) is 11.8 Å². The molecule has 7 heteroatoms. The summed E-state index contributed by atoms with van der Waals surface area (Å²) in [5.74, 6) is 0.586. The van der Waals surface area contributed by atoms with Gasteiger partial charge in [0, 0.05) is 50.0 Å². The molecule has 2 aliphatic rings. The van der Waals surface area contributed by atoms with Crippen molar-refractivity contribution in [2.45, 2.75) is 19.4 Å². The number of amides is 2. The minimum atomic E-state index is -0.250. The predicted molar refractivity (Wildman–Crippen MR) is 89.2 cm³/mol. The first-order chi connectivity index (χ1) is 11.7. The molecule has 0 aliphatic carbocycles. The van der Waals surface area contributed by atoms with Gasteiger partial charge >= 0.3 is 0 Å². The van der Waals surface area contributed by atoms with Gasteiger partial charge in [0.1, 0.15) is 11.5 Å². The van der Waals surface area contributed by atoms with E-state index in [0.717, 1.165) is 43.9 Å². The van der Waals surface area contributed by atoms with Crippen molar-refractivity contribution in [3.05, 3.63) is 47.0 Å². The van der Waals surface area contributed by atoms with Crippen molar-refractivity contribution in [3.63, 3.8) is 0 Å². The van der Waals surface area contributed by atoms with Crippen LogP contribution in [0.15, 0.2) is 24.4 Å². The second kappa shape index (κ2) is 6.09. The summed E-state index contributed by atoms with van der Waals surface area (Å²) in [4.78, 5) is 28.8. The van der Waals surface area contributed by atoms with E-state index in [1.807, 2.05) is 16.7 Å². The molecule has 24 heavy (non-hydrogen) atoms. The lowest BCUT2D eigenvalue weighted by Gasteiger charge is -2.17. The number of aromatic nitrogens is 2. The smallest absolute Gasteiger partial charge is 0.275 e. The van der Waals surface area contributed by atoms with Gasteiger partial charge in [-0.2, -0.15) is 0 Å². The van der Waals surface area contributed by atoms with Gasteiger partial charge in [-0.15, -0.1) is 0 Å². The first-order valence-corrected chi connectivity index (χ1v) is 8.20. The van der Waals surface area contributed by atoms with Gasteiger partial charge in [0.05, 0.1) is 0 Å². The number of rotatable bonds is 2. The largest absolute Gasteiger partial charge is 0.352 e. The summed E-state index contributed by atoms with van der Waals surface area (Å²) in [6.45, 7) is 3.23. The van der Waals surface area contributed by atoms with Crippen LogP contribution in [-0.4, -0.2) is 41.0 Å². The molecule has 7 nitrogen and oxygen atoms in total. The molecular weight excluding hydrogens is 306 g/mol. The Labute approximate surface area is 139 Å². The Bertz CT molecular complexity index is 788. The average Bonchev–Trinajstić information content (AvgIpc) is 2.87. The number of imidazole rings is 1. The molecule has 0 atom stereocenters. The highest BCUT2D eigenvalue weighted by Gasteiger charge is 2.19. The van der Waals surface area contributed by atoms with Crippen molar-refractivity contribution in [2.24, 2.45) is 0 Å². The van der Waals surface area contributed by atoms with Crippen LogP contribution in [-0.2, 0) is 19.4 Å². The number of fused-ring (bicyclic) bond motifs is 2. The lowest BCUT2D eigenvalue weighted by molar-refractivity contribution is 0.0944. The van der Waals surface area contributed by atoms with Crippen LogP contribution in [0.25, 0.3) is 0 Å². The zero-order chi connectivity index (χ0) is 16.5. The van der Waals surface area contributed by atoms with Crippen LogP contribution < -0.4 is 16.0 Å². The highest BCUT2D eigenvalue weighted by Crippen LogP contribution is 2.19. The van der Waals surface area contributed by atoms with Crippen LogP contribution in [0.2, 0.25) is 0 Å². The number of nitrogens with one attached hydrogen (secondary N) is 3. The third-order valence-corrected chi connectivity index (χ3v) is 4.44. The van der Waals surface area contributed by atoms with Crippen LogP contribution >= 0.6 is 0 Å². The number of benzene rings is 1. The van der Waals surface area contributed by atoms with Crippen molar-refractivity contribution < 1.29 is 9.59 Å². The second-order valence-corrected chi connectivity index (χ2v) is 6.07. The molecule has 2 aromatic rings. The van der Waals surface area contributed by atoms with Gasteiger partial charge in [0.25, 0.3) is 11.8 Å². The molecule has 2 amide bonds. The van der Waals surface area contributed by atoms with Crippen molar-refractivity contribution in [1.82, 2.24) is 20.2 Å². The molecule has 0 saturated carbocycles. The zero-order valence-corrected chi connectivity index (χ0v) is 13.3. The summed E-state index contributed by atoms with van der Waals surface area (Å²) < 4.78 is 2.02. The fraction of sp³-hybridized carbons (Fsp3) is 0.353. The minimum Gasteiger partial charge on any atom is -0.352 e. The average molecular weight is 325 g/mol. The van der Waals surface area contributed by atoms with Gasteiger partial charge in [-0.1, -0.05) is 6.07 Å². The summed E-state index contributed by atoms with van der Waals surface area (Å²) >= 11 is 0. The van der Waals surface area contributed by atoms with E-state index in [1.54, 1.807) is 12.3 Å². The Morgan fingerprint density at radius 3 is 3.04 bits per heavy atom. The number of hydrogen-bond donors (Lipinski definition) is 3. The highest BCUT2D eigenvalue weighted by atomic mass is 16.2. The lowest BCUT2D eigenvalue weighted by Crippen LogP contribution is -2.31. The molecule has 0 saturated heterocycles. The lowest BCUT2D eigenvalue weighted by atomic mass is 10.00. The molecule has 0 fully saturated rings. The van der Waals surface area contributed by atoms with Gasteiger partial charge in [-0.05, 0) is 24.1 Å². The Hall–Kier alpha value is -2.67. The van der Waals surface area contributed by atoms with E-state index in [2.05, 4.69) is 20.9 Å². The SMILES string of the molecule is O=C(Nc1ccc2c(c1)C(=O)NCC2)c1cn2c(n1)CCNCC2. The molecule has 0 unspecified atom stereocenters. The number of nitrogens with zero attached hydrogens (tertiary/aromatic N) is 2. The standard InChI is InChI=1S/C17H19N5O2/c23-16-13-9-12(2-1-11(13)3-6-19-16)20-17(24)14-10-22-8-7-18-5-4-15(22)21-14/h1-2,9-10,18H,3-8H2,(H,19,23)(H,20,24). The Morgan fingerprint density at radius 1 is 1.21 bits per heavy atom. The van der Waals surface area contributed by atoms with Crippen LogP contribution in [0.5, 0.6) is 0 Å². The second-order valence-electron chi connectivity index (χ2n) is 6.07. The van der Waals surface area contributed by atoms with Gasteiger partial charge in [0.2, 0.25) is 0 Å². The van der Waals surface area contributed by atoms with Gasteiger partial charge in [-0.25, -0.2) is 4.98 Å². The van der Waals surface area contributed by atoms with E-state index in [1.165, 1.54) is 0 Å². The minimum absolute atomic E-state index is 0.0893. The van der Waals surface area contributed by atoms with Crippen molar-refractivity contribution >= 4 is 17.5 Å². The molecule has 0 spiro atoms. The fourth-order valence-electron chi connectivity index (χ4n) is 3.17. The number of hydrogen-bond acceptors (Lipinski definition) is 4. The molecule has 0 bridgehead atoms. The summed E-state index contributed by atoms with van der Waals surface area (Å²) in [5, 5.41) is 8.96. The summed E-state index contributed by atoms with van der Waals surface area (Å²) in [5.41, 5.74) is 2.67. The van der Waals surface area contributed by atoms with Crippen LogP contribution in [0.1, 0.15) is 32.2 Å². The normalized spacial score (nSPS) is 16.6. The third kappa shape index (κ3) is 2.78. The van der Waals surface area contributed by atoms with Gasteiger partial charge < -0.3 is 20.5 Å². The van der Waals surface area contributed by atoms with E-state index in [4.69, 9.17) is 0 Å². The molecule has 1 aromatic heterocycles. The predicted octanol–water partition coefficient (Wildman–Crippen LogP) is 0.567. The molecule has 1 aromatic carbocycles. The molecule has 0 radical (unpaired) electrons. The first kappa shape index (κ1) is 14.9. The van der Waals surface area contributed by atoms with Crippen LogP contribution in [0, 0.1) is 0 Å². The van der Waals surface area contributed by atoms with Crippen LogP contribution in [0.3, 0.4) is 0 Å². The summed E-state index contributed by atoms with van der Waals surface area (Å²) in [6.07, 6.45) is 3.42. The van der Waals surface area contributed by atoms with Crippen LogP contribution in [0.4, 0.5) is 5.69 Å². The maximum Gasteiger partial charge on any atom is 0.275 e. The quantitative estimate of drug-likeness (QED) is 0.753. The summed E-state index contributed by atoms with van der Waals surface area (Å²) in [6, 6.07) is 5.46. The molecule has 3 N–H and O–H groups in total. The molecule has 2 aliphatic heterocycles. The Morgan fingerprint density at radius 2 is 2.12 bits per heavy atom. The Balaban J connectivity index is 1.54.